The number of benzene rings is 3. The molecule has 6 N–H and O–H groups in total. The second-order valence-corrected chi connectivity index (χ2v) is 9.03. The number of imidazole rings is 1. The van der Waals surface area contributed by atoms with Crippen molar-refractivity contribution in [1.82, 2.24) is 20.6 Å². The molecule has 0 bridgehead atoms. The predicted octanol–water partition coefficient (Wildman–Crippen LogP) is 4.33. The average molecular weight is 616 g/mol. The molecule has 1 atom stereocenters. The van der Waals surface area contributed by atoms with Gasteiger partial charge in [-0.1, -0.05) is 66.7 Å². The number of anilines is 1. The summed E-state index contributed by atoms with van der Waals surface area (Å²) in [4.78, 5) is 52.1. The summed E-state index contributed by atoms with van der Waals surface area (Å²) in [6.07, 6.45) is -6.14. The molecule has 232 valence electrons. The Morgan fingerprint density at radius 1 is 0.886 bits per heavy atom. The van der Waals surface area contributed by atoms with E-state index in [0.29, 0.717) is 18.1 Å². The Balaban J connectivity index is 0.000000676. The summed E-state index contributed by atoms with van der Waals surface area (Å²) in [7, 11) is 0. The molecule has 0 aliphatic carbocycles. The number of aromatic nitrogens is 2. The van der Waals surface area contributed by atoms with Gasteiger partial charge in [0.05, 0.1) is 30.0 Å². The Morgan fingerprint density at radius 3 is 2.11 bits per heavy atom. The predicted molar refractivity (Wildman–Crippen MR) is 153 cm³/mol. The van der Waals surface area contributed by atoms with Gasteiger partial charge >= 0.3 is 24.2 Å². The minimum absolute atomic E-state index is 0.0555. The van der Waals surface area contributed by atoms with Crippen molar-refractivity contribution >= 4 is 40.9 Å². The number of alkyl halides is 3. The van der Waals surface area contributed by atoms with Crippen molar-refractivity contribution in [3.8, 4) is 11.1 Å². The molecule has 0 fully saturated rings. The van der Waals surface area contributed by atoms with E-state index < -0.39 is 36.2 Å². The summed E-state index contributed by atoms with van der Waals surface area (Å²) < 4.78 is 36.8. The van der Waals surface area contributed by atoms with Crippen molar-refractivity contribution < 1.29 is 47.3 Å². The van der Waals surface area contributed by atoms with E-state index in [1.807, 2.05) is 66.7 Å². The van der Waals surface area contributed by atoms with Crippen molar-refractivity contribution in [3.05, 3.63) is 84.4 Å². The van der Waals surface area contributed by atoms with E-state index in [9.17, 15) is 32.7 Å². The summed E-state index contributed by atoms with van der Waals surface area (Å²) in [5, 5.41) is 24.5. The summed E-state index contributed by atoms with van der Waals surface area (Å²) >= 11 is 0. The number of para-hydroxylation sites is 2. The minimum atomic E-state index is -5.08. The molecule has 0 aliphatic heterocycles. The fourth-order valence-electron chi connectivity index (χ4n) is 3.76. The fourth-order valence-corrected chi connectivity index (χ4v) is 3.76. The molecule has 44 heavy (non-hydrogen) atoms. The van der Waals surface area contributed by atoms with Gasteiger partial charge in [-0.15, -0.1) is 0 Å². The second-order valence-electron chi connectivity index (χ2n) is 9.03. The fraction of sp³-hybridized carbons (Fsp3) is 0.207. The summed E-state index contributed by atoms with van der Waals surface area (Å²) in [5.41, 5.74) is 4.37. The van der Waals surface area contributed by atoms with Crippen LogP contribution in [0.2, 0.25) is 0 Å². The Hall–Kier alpha value is -5.60. The van der Waals surface area contributed by atoms with Crippen molar-refractivity contribution in [2.45, 2.75) is 18.6 Å². The van der Waals surface area contributed by atoms with E-state index in [0.717, 1.165) is 22.2 Å². The molecule has 12 nitrogen and oxygen atoms in total. The number of nitrogens with one attached hydrogen (secondary N) is 4. The highest BCUT2D eigenvalue weighted by Crippen LogP contribution is 2.23. The van der Waals surface area contributed by atoms with Gasteiger partial charge in [0.15, 0.2) is 0 Å². The topological polar surface area (TPSA) is 183 Å². The first-order valence-corrected chi connectivity index (χ1v) is 13.0. The Bertz CT molecular complexity index is 1530. The number of aliphatic carboxylic acids is 2. The first-order valence-electron chi connectivity index (χ1n) is 13.0. The number of alkyl carbamates (subject to hydrolysis) is 1. The number of halogens is 3. The smallest absolute Gasteiger partial charge is 0.481 e. The molecule has 0 saturated carbocycles. The number of H-pyrrole nitrogens is 1. The third kappa shape index (κ3) is 10.7. The molecule has 0 spiro atoms. The lowest BCUT2D eigenvalue weighted by molar-refractivity contribution is -0.192. The van der Waals surface area contributed by atoms with Crippen molar-refractivity contribution in [2.75, 3.05) is 25.0 Å². The lowest BCUT2D eigenvalue weighted by Crippen LogP contribution is -2.39. The average Bonchev–Trinajstić information content (AvgIpc) is 3.41. The van der Waals surface area contributed by atoms with Gasteiger partial charge in [-0.3, -0.25) is 9.59 Å². The number of carboxylic acid groups (broad SMARTS) is 2. The van der Waals surface area contributed by atoms with Crippen LogP contribution in [0.1, 0.15) is 18.0 Å². The van der Waals surface area contributed by atoms with Crippen LogP contribution in [0.4, 0.5) is 23.9 Å². The third-order valence-corrected chi connectivity index (χ3v) is 5.79. The summed E-state index contributed by atoms with van der Waals surface area (Å²) in [6.45, 7) is 0.0209. The number of aromatic amines is 1. The molecule has 0 saturated heterocycles. The number of carbonyl (C=O) groups is 4. The second kappa shape index (κ2) is 15.6. The summed E-state index contributed by atoms with van der Waals surface area (Å²) in [6, 6.07) is 23.9. The molecule has 1 aromatic heterocycles. The van der Waals surface area contributed by atoms with Crippen LogP contribution < -0.4 is 16.0 Å². The minimum Gasteiger partial charge on any atom is -0.481 e. The quantitative estimate of drug-likeness (QED) is 0.134. The van der Waals surface area contributed by atoms with Gasteiger partial charge in [0, 0.05) is 0 Å². The highest BCUT2D eigenvalue weighted by Gasteiger charge is 2.38. The standard InChI is InChI=1S/C27H27N5O5.C2HF3O2/c33-24(17-29-27(36)37-15-14-28-26-31-21-8-4-5-9-22(21)32-26)30-23(16-25(34)35)20-12-10-19(11-13-20)18-6-2-1-3-7-18;3-2(4,5)1(6)7/h1-13,23H,14-17H2,(H,29,36)(H,30,33)(H,34,35)(H2,28,31,32);(H,6,7). The van der Waals surface area contributed by atoms with E-state index in [1.54, 1.807) is 12.1 Å². The maximum atomic E-state index is 12.4. The molecule has 15 heteroatoms. The van der Waals surface area contributed by atoms with Gasteiger partial charge in [0.1, 0.15) is 13.2 Å². The zero-order valence-electron chi connectivity index (χ0n) is 22.9. The van der Waals surface area contributed by atoms with Crippen LogP contribution in [0, 0.1) is 0 Å². The molecule has 1 heterocycles. The highest BCUT2D eigenvalue weighted by molar-refractivity contribution is 5.83. The highest BCUT2D eigenvalue weighted by atomic mass is 19.4. The Morgan fingerprint density at radius 2 is 1.50 bits per heavy atom. The van der Waals surface area contributed by atoms with Crippen LogP contribution in [0.15, 0.2) is 78.9 Å². The number of nitrogens with zero attached hydrogens (tertiary/aromatic N) is 1. The maximum Gasteiger partial charge on any atom is 0.490 e. The van der Waals surface area contributed by atoms with Crippen molar-refractivity contribution in [2.24, 2.45) is 0 Å². The Kier molecular flexibility index (Phi) is 11.7. The normalized spacial score (nSPS) is 11.4. The Labute approximate surface area is 248 Å². The molecule has 4 aromatic rings. The van der Waals surface area contributed by atoms with Gasteiger partial charge in [-0.2, -0.15) is 13.2 Å². The first kappa shape index (κ1) is 32.9. The number of carboxylic acids is 2. The molecule has 2 amide bonds. The molecule has 1 unspecified atom stereocenters. The lowest BCUT2D eigenvalue weighted by atomic mass is 9.99. The zero-order chi connectivity index (χ0) is 32.1. The molecular formula is C29H28F3N5O7. The molecule has 4 rings (SSSR count). The van der Waals surface area contributed by atoms with Gasteiger partial charge < -0.3 is 35.9 Å². The maximum absolute atomic E-state index is 12.4. The number of hydrogen-bond donors (Lipinski definition) is 6. The van der Waals surface area contributed by atoms with Crippen LogP contribution in [-0.2, 0) is 19.1 Å². The molecule has 0 radical (unpaired) electrons. The molecular weight excluding hydrogens is 587 g/mol. The number of rotatable bonds is 11. The van der Waals surface area contributed by atoms with Gasteiger partial charge in [-0.25, -0.2) is 14.6 Å². The first-order chi connectivity index (χ1) is 20.9. The number of fused-ring (bicyclic) bond motifs is 1. The van der Waals surface area contributed by atoms with Gasteiger partial charge in [0.2, 0.25) is 11.9 Å². The van der Waals surface area contributed by atoms with E-state index in [1.165, 1.54) is 0 Å². The number of carbonyl (C=O) groups excluding carboxylic acids is 2. The van der Waals surface area contributed by atoms with Gasteiger partial charge in [-0.05, 0) is 28.8 Å². The number of ether oxygens (including phenoxy) is 1. The van der Waals surface area contributed by atoms with Crippen LogP contribution >= 0.6 is 0 Å². The molecule has 3 aromatic carbocycles. The SMILES string of the molecule is O=C(O)C(F)(F)F.O=C(O)CC(NC(=O)CNC(=O)OCCNc1nc2ccccc2[nH]1)c1ccc(-c2ccccc2)cc1. The monoisotopic (exact) mass is 615 g/mol. The van der Waals surface area contributed by atoms with Crippen LogP contribution in [0.3, 0.4) is 0 Å². The van der Waals surface area contributed by atoms with Crippen molar-refractivity contribution in [1.29, 1.82) is 0 Å². The van der Waals surface area contributed by atoms with E-state index in [2.05, 4.69) is 25.9 Å². The third-order valence-electron chi connectivity index (χ3n) is 5.79. The largest absolute Gasteiger partial charge is 0.490 e. The number of amides is 2. The molecule has 0 aliphatic rings. The lowest BCUT2D eigenvalue weighted by Gasteiger charge is -2.18. The van der Waals surface area contributed by atoms with E-state index in [-0.39, 0.29) is 19.6 Å². The number of hydrogen-bond acceptors (Lipinski definition) is 7. The van der Waals surface area contributed by atoms with Gasteiger partial charge in [0.25, 0.3) is 0 Å². The van der Waals surface area contributed by atoms with Crippen molar-refractivity contribution in [3.63, 3.8) is 0 Å². The summed E-state index contributed by atoms with van der Waals surface area (Å²) in [5.74, 6) is -3.78. The van der Waals surface area contributed by atoms with E-state index >= 15 is 0 Å². The zero-order valence-corrected chi connectivity index (χ0v) is 22.9. The van der Waals surface area contributed by atoms with Crippen LogP contribution in [0.5, 0.6) is 0 Å². The van der Waals surface area contributed by atoms with Crippen LogP contribution in [-0.4, -0.2) is 70.0 Å². The van der Waals surface area contributed by atoms with Crippen LogP contribution in [0.25, 0.3) is 22.2 Å². The van der Waals surface area contributed by atoms with E-state index in [4.69, 9.17) is 14.6 Å².